The van der Waals surface area contributed by atoms with E-state index >= 15 is 0 Å². The molecule has 18 heavy (non-hydrogen) atoms. The molecule has 0 saturated heterocycles. The number of allylic oxidation sites excluding steroid dienone is 1. The number of nitrogens with two attached hydrogens (primary N) is 1. The molecule has 0 amide bonds. The molecule has 0 unspecified atom stereocenters. The Morgan fingerprint density at radius 1 is 1.33 bits per heavy atom. The van der Waals surface area contributed by atoms with Crippen LogP contribution in [0.25, 0.3) is 0 Å². The van der Waals surface area contributed by atoms with Gasteiger partial charge in [0.1, 0.15) is 5.92 Å². The van der Waals surface area contributed by atoms with Crippen LogP contribution in [0.4, 0.5) is 0 Å². The quantitative estimate of drug-likeness (QED) is 0.793. The first kappa shape index (κ1) is 12.2. The first-order valence-electron chi connectivity index (χ1n) is 5.14. The molecule has 1 aromatic rings. The minimum atomic E-state index is -0.667. The number of hydrogen-bond donors (Lipinski definition) is 2. The molecule has 5 nitrogen and oxygen atoms in total. The lowest BCUT2D eigenvalue weighted by Gasteiger charge is -2.27. The summed E-state index contributed by atoms with van der Waals surface area (Å²) < 4.78 is 0. The fraction of sp³-hybridized carbons (Fsp3) is 0.167. The average molecular weight is 255 g/mol. The van der Waals surface area contributed by atoms with Crippen LogP contribution in [0, 0.1) is 34.0 Å². The van der Waals surface area contributed by atoms with Crippen LogP contribution in [0.2, 0.25) is 0 Å². The zero-order valence-electron chi connectivity index (χ0n) is 9.29. The monoisotopic (exact) mass is 255 g/mol. The van der Waals surface area contributed by atoms with Crippen molar-refractivity contribution in [3.63, 3.8) is 0 Å². The Bertz CT molecular complexity index is 593. The smallest absolute Gasteiger partial charge is 0.106 e. The molecule has 3 N–H and O–H groups in total. The molecule has 2 rings (SSSR count). The molecular weight excluding hydrogens is 246 g/mol. The van der Waals surface area contributed by atoms with Crippen molar-refractivity contribution in [1.82, 2.24) is 4.98 Å². The largest absolute Gasteiger partial charge is 0.392 e. The third kappa shape index (κ3) is 1.94. The van der Waals surface area contributed by atoms with Crippen molar-refractivity contribution in [1.29, 1.82) is 15.9 Å². The predicted octanol–water partition coefficient (Wildman–Crippen LogP) is 1.72. The van der Waals surface area contributed by atoms with Crippen LogP contribution in [0.15, 0.2) is 35.1 Å². The molecule has 0 spiro atoms. The second-order valence-electron chi connectivity index (χ2n) is 3.72. The van der Waals surface area contributed by atoms with E-state index in [-0.39, 0.29) is 5.04 Å². The van der Waals surface area contributed by atoms with Gasteiger partial charge in [0, 0.05) is 18.3 Å². The second-order valence-corrected chi connectivity index (χ2v) is 4.80. The fourth-order valence-corrected chi connectivity index (χ4v) is 2.73. The van der Waals surface area contributed by atoms with Gasteiger partial charge in [0.25, 0.3) is 0 Å². The summed E-state index contributed by atoms with van der Waals surface area (Å²) in [6, 6.07) is 7.61. The molecule has 0 radical (unpaired) electrons. The minimum absolute atomic E-state index is 0.177. The van der Waals surface area contributed by atoms with Gasteiger partial charge < -0.3 is 5.73 Å². The fourth-order valence-electron chi connectivity index (χ4n) is 1.90. The van der Waals surface area contributed by atoms with E-state index in [1.807, 2.05) is 0 Å². The highest BCUT2D eigenvalue weighted by Crippen LogP contribution is 2.42. The number of nitrogens with one attached hydrogen (secondary N) is 1. The van der Waals surface area contributed by atoms with Gasteiger partial charge in [-0.15, -0.1) is 0 Å². The summed E-state index contributed by atoms with van der Waals surface area (Å²) in [6.45, 7) is 0. The van der Waals surface area contributed by atoms with Crippen molar-refractivity contribution in [2.24, 2.45) is 11.7 Å². The lowest BCUT2D eigenvalue weighted by molar-refractivity contribution is 0.728. The molecule has 1 aliphatic heterocycles. The molecule has 0 aliphatic carbocycles. The summed E-state index contributed by atoms with van der Waals surface area (Å²) in [5, 5.41) is 26.7. The highest BCUT2D eigenvalue weighted by molar-refractivity contribution is 8.17. The normalized spacial score (nSPS) is 23.3. The van der Waals surface area contributed by atoms with E-state index in [1.165, 1.54) is 0 Å². The third-order valence-electron chi connectivity index (χ3n) is 2.74. The van der Waals surface area contributed by atoms with Gasteiger partial charge in [-0.3, -0.25) is 10.4 Å². The standard InChI is InChI=1S/C12H9N5S/c13-5-8-10(7-1-3-17-4-2-7)9(6-14)12(16)18-11(8)15/h1-4,8,10,15H,16H2/t8-,10+/m1/s1. The number of pyridine rings is 1. The molecule has 88 valence electrons. The molecule has 2 heterocycles. The Hall–Kier alpha value is -2.31. The van der Waals surface area contributed by atoms with Gasteiger partial charge in [-0.1, -0.05) is 11.8 Å². The molecule has 1 aliphatic rings. The number of nitriles is 2. The molecule has 6 heteroatoms. The van der Waals surface area contributed by atoms with Crippen LogP contribution in [0.1, 0.15) is 11.5 Å². The minimum Gasteiger partial charge on any atom is -0.392 e. The van der Waals surface area contributed by atoms with E-state index in [2.05, 4.69) is 17.1 Å². The predicted molar refractivity (Wildman–Crippen MR) is 68.2 cm³/mol. The first-order valence-corrected chi connectivity index (χ1v) is 5.96. The van der Waals surface area contributed by atoms with Gasteiger partial charge in [0.15, 0.2) is 0 Å². The van der Waals surface area contributed by atoms with Crippen LogP contribution in [-0.2, 0) is 0 Å². The van der Waals surface area contributed by atoms with E-state index in [9.17, 15) is 10.5 Å². The number of aromatic nitrogens is 1. The molecule has 0 aromatic carbocycles. The van der Waals surface area contributed by atoms with E-state index < -0.39 is 11.8 Å². The second kappa shape index (κ2) is 4.91. The summed E-state index contributed by atoms with van der Waals surface area (Å²) in [7, 11) is 0. The molecule has 2 atom stereocenters. The molecule has 0 fully saturated rings. The van der Waals surface area contributed by atoms with Crippen molar-refractivity contribution < 1.29 is 0 Å². The number of hydrogen-bond acceptors (Lipinski definition) is 6. The molecule has 0 bridgehead atoms. The zero-order valence-corrected chi connectivity index (χ0v) is 10.1. The third-order valence-corrected chi connectivity index (χ3v) is 3.65. The number of thioether (sulfide) groups is 1. The van der Waals surface area contributed by atoms with Gasteiger partial charge in [0.2, 0.25) is 0 Å². The topological polar surface area (TPSA) is 110 Å². The van der Waals surface area contributed by atoms with E-state index in [0.717, 1.165) is 17.3 Å². The summed E-state index contributed by atoms with van der Waals surface area (Å²) in [4.78, 5) is 3.91. The van der Waals surface area contributed by atoms with E-state index in [1.54, 1.807) is 24.5 Å². The van der Waals surface area contributed by atoms with Crippen LogP contribution < -0.4 is 5.73 Å². The van der Waals surface area contributed by atoms with Gasteiger partial charge in [0.05, 0.1) is 27.8 Å². The number of rotatable bonds is 1. The average Bonchev–Trinajstić information content (AvgIpc) is 2.39. The van der Waals surface area contributed by atoms with Crippen molar-refractivity contribution in [2.75, 3.05) is 0 Å². The Kier molecular flexibility index (Phi) is 3.31. The molecule has 1 aromatic heterocycles. The Morgan fingerprint density at radius 3 is 2.56 bits per heavy atom. The van der Waals surface area contributed by atoms with Crippen LogP contribution in [-0.4, -0.2) is 10.0 Å². The SMILES string of the molecule is N#CC1=C(N)SC(=N)[C@H](C#N)[C@@H]1c1ccncc1. The molecule has 0 saturated carbocycles. The summed E-state index contributed by atoms with van der Waals surface area (Å²) in [5.41, 5.74) is 6.91. The molecular formula is C12H9N5S. The lowest BCUT2D eigenvalue weighted by atomic mass is 9.82. The van der Waals surface area contributed by atoms with Crippen LogP contribution in [0.3, 0.4) is 0 Å². The van der Waals surface area contributed by atoms with Crippen molar-refractivity contribution in [3.8, 4) is 12.1 Å². The Morgan fingerprint density at radius 2 is 2.00 bits per heavy atom. The highest BCUT2D eigenvalue weighted by atomic mass is 32.2. The van der Waals surface area contributed by atoms with Crippen molar-refractivity contribution >= 4 is 16.8 Å². The van der Waals surface area contributed by atoms with E-state index in [4.69, 9.17) is 11.1 Å². The highest BCUT2D eigenvalue weighted by Gasteiger charge is 2.36. The van der Waals surface area contributed by atoms with Crippen molar-refractivity contribution in [2.45, 2.75) is 5.92 Å². The van der Waals surface area contributed by atoms with Crippen LogP contribution >= 0.6 is 11.8 Å². The van der Waals surface area contributed by atoms with Gasteiger partial charge in [-0.05, 0) is 17.7 Å². The Balaban J connectivity index is 2.59. The lowest BCUT2D eigenvalue weighted by Crippen LogP contribution is -2.26. The van der Waals surface area contributed by atoms with Gasteiger partial charge >= 0.3 is 0 Å². The zero-order chi connectivity index (χ0) is 13.1. The first-order chi connectivity index (χ1) is 8.69. The summed E-state index contributed by atoms with van der Waals surface area (Å²) in [6.07, 6.45) is 3.20. The summed E-state index contributed by atoms with van der Waals surface area (Å²) in [5.74, 6) is -1.14. The Labute approximate surface area is 108 Å². The number of nitrogens with zero attached hydrogens (tertiary/aromatic N) is 3. The maximum Gasteiger partial charge on any atom is 0.106 e. The van der Waals surface area contributed by atoms with E-state index in [0.29, 0.717) is 10.6 Å². The maximum atomic E-state index is 9.20. The van der Waals surface area contributed by atoms with Crippen molar-refractivity contribution in [3.05, 3.63) is 40.7 Å². The maximum absolute atomic E-state index is 9.20. The van der Waals surface area contributed by atoms with Gasteiger partial charge in [-0.25, -0.2) is 0 Å². The summed E-state index contributed by atoms with van der Waals surface area (Å²) >= 11 is 0.985. The van der Waals surface area contributed by atoms with Crippen LogP contribution in [0.5, 0.6) is 0 Å². The van der Waals surface area contributed by atoms with Gasteiger partial charge in [-0.2, -0.15) is 10.5 Å².